The van der Waals surface area contributed by atoms with E-state index in [1.807, 2.05) is 0 Å². The first kappa shape index (κ1) is 19.1. The van der Waals surface area contributed by atoms with E-state index in [1.54, 1.807) is 66.7 Å². The van der Waals surface area contributed by atoms with E-state index in [0.29, 0.717) is 11.3 Å². The van der Waals surface area contributed by atoms with Gasteiger partial charge in [-0.05, 0) is 18.2 Å². The summed E-state index contributed by atoms with van der Waals surface area (Å²) in [5.41, 5.74) is 0.443. The zero-order valence-electron chi connectivity index (χ0n) is 15.6. The van der Waals surface area contributed by atoms with Crippen molar-refractivity contribution >= 4 is 28.8 Å². The second-order valence-electron chi connectivity index (χ2n) is 6.69. The number of rotatable bonds is 4. The fraction of sp³-hybridized carbons (Fsp3) is 0.0435. The van der Waals surface area contributed by atoms with Crippen molar-refractivity contribution in [2.75, 3.05) is 4.90 Å². The number of ketones is 1. The Morgan fingerprint density at radius 3 is 2.07 bits per heavy atom. The summed E-state index contributed by atoms with van der Waals surface area (Å²) in [6, 6.07) is 21.5. The molecule has 1 N–H and O–H groups in total. The van der Waals surface area contributed by atoms with E-state index in [-0.39, 0.29) is 22.6 Å². The van der Waals surface area contributed by atoms with Gasteiger partial charge in [0.05, 0.1) is 16.1 Å². The molecule has 1 unspecified atom stereocenters. The monoisotopic (exact) mass is 400 g/mol. The zero-order valence-corrected chi connectivity index (χ0v) is 15.6. The van der Waals surface area contributed by atoms with E-state index in [9.17, 15) is 24.8 Å². The predicted molar refractivity (Wildman–Crippen MR) is 111 cm³/mol. The minimum Gasteiger partial charge on any atom is -0.507 e. The molecule has 7 heteroatoms. The first-order valence-corrected chi connectivity index (χ1v) is 9.15. The van der Waals surface area contributed by atoms with E-state index in [1.165, 1.54) is 23.1 Å². The summed E-state index contributed by atoms with van der Waals surface area (Å²) in [6.45, 7) is 0. The van der Waals surface area contributed by atoms with Crippen molar-refractivity contribution in [3.8, 4) is 0 Å². The Bertz CT molecular complexity index is 1170. The van der Waals surface area contributed by atoms with Gasteiger partial charge in [-0.3, -0.25) is 24.6 Å². The van der Waals surface area contributed by atoms with Crippen molar-refractivity contribution in [2.45, 2.75) is 6.04 Å². The fourth-order valence-corrected chi connectivity index (χ4v) is 3.62. The molecule has 0 aliphatic carbocycles. The predicted octanol–water partition coefficient (Wildman–Crippen LogP) is 4.22. The third-order valence-corrected chi connectivity index (χ3v) is 4.95. The second-order valence-corrected chi connectivity index (χ2v) is 6.69. The topological polar surface area (TPSA) is 101 Å². The van der Waals surface area contributed by atoms with Crippen LogP contribution in [0.1, 0.15) is 17.2 Å². The number of Topliss-reactive ketones (excluding diaryl/α,β-unsaturated/α-hetero) is 1. The van der Waals surface area contributed by atoms with Crippen molar-refractivity contribution in [1.29, 1.82) is 0 Å². The number of amides is 1. The van der Waals surface area contributed by atoms with Crippen molar-refractivity contribution in [3.05, 3.63) is 112 Å². The highest BCUT2D eigenvalue weighted by molar-refractivity contribution is 6.51. The third-order valence-electron chi connectivity index (χ3n) is 4.95. The van der Waals surface area contributed by atoms with Crippen LogP contribution in [0, 0.1) is 10.1 Å². The molecule has 3 aromatic carbocycles. The maximum absolute atomic E-state index is 13.0. The highest BCUT2D eigenvalue weighted by Crippen LogP contribution is 2.44. The number of para-hydroxylation sites is 2. The van der Waals surface area contributed by atoms with Crippen LogP contribution in [0.25, 0.3) is 5.76 Å². The molecule has 0 radical (unpaired) electrons. The Labute approximate surface area is 171 Å². The molecule has 4 rings (SSSR count). The Morgan fingerprint density at radius 1 is 0.867 bits per heavy atom. The molecule has 148 valence electrons. The van der Waals surface area contributed by atoms with Gasteiger partial charge in [0.25, 0.3) is 17.4 Å². The minimum absolute atomic E-state index is 0.142. The Hall–Kier alpha value is -4.26. The molecular weight excluding hydrogens is 384 g/mol. The molecule has 7 nitrogen and oxygen atoms in total. The largest absolute Gasteiger partial charge is 0.507 e. The van der Waals surface area contributed by atoms with Gasteiger partial charge in [0, 0.05) is 17.3 Å². The van der Waals surface area contributed by atoms with Crippen LogP contribution in [0.2, 0.25) is 0 Å². The number of anilines is 1. The summed E-state index contributed by atoms with van der Waals surface area (Å²) < 4.78 is 0. The fourth-order valence-electron chi connectivity index (χ4n) is 3.62. The van der Waals surface area contributed by atoms with E-state index in [4.69, 9.17) is 0 Å². The van der Waals surface area contributed by atoms with Crippen LogP contribution in [0.5, 0.6) is 0 Å². The quantitative estimate of drug-likeness (QED) is 0.232. The molecule has 1 saturated heterocycles. The lowest BCUT2D eigenvalue weighted by molar-refractivity contribution is -0.385. The van der Waals surface area contributed by atoms with Gasteiger partial charge in [0.2, 0.25) is 0 Å². The van der Waals surface area contributed by atoms with Crippen molar-refractivity contribution in [2.24, 2.45) is 0 Å². The molecule has 1 aliphatic heterocycles. The average molecular weight is 400 g/mol. The smallest absolute Gasteiger partial charge is 0.300 e. The molecule has 0 aromatic heterocycles. The SMILES string of the molecule is O=C1C(=O)N(c2ccccc2)C(c2ccccc2[N+](=O)[O-])/C1=C(\O)c1ccccc1. The van der Waals surface area contributed by atoms with Gasteiger partial charge < -0.3 is 5.11 Å². The summed E-state index contributed by atoms with van der Waals surface area (Å²) in [6.07, 6.45) is 0. The van der Waals surface area contributed by atoms with Gasteiger partial charge in [0.1, 0.15) is 11.8 Å². The van der Waals surface area contributed by atoms with E-state index >= 15 is 0 Å². The number of aliphatic hydroxyl groups is 1. The number of carbonyl (C=O) groups excluding carboxylic acids is 2. The summed E-state index contributed by atoms with van der Waals surface area (Å²) in [5.74, 6) is -2.14. The molecule has 1 atom stereocenters. The van der Waals surface area contributed by atoms with Gasteiger partial charge in [0.15, 0.2) is 0 Å². The number of carbonyl (C=O) groups is 2. The molecule has 1 amide bonds. The molecule has 3 aromatic rings. The Morgan fingerprint density at radius 2 is 1.43 bits per heavy atom. The summed E-state index contributed by atoms with van der Waals surface area (Å²) in [5, 5.41) is 22.6. The highest BCUT2D eigenvalue weighted by Gasteiger charge is 2.48. The molecule has 1 aliphatic rings. The normalized spacial score (nSPS) is 17.9. The van der Waals surface area contributed by atoms with Crippen LogP contribution in [0.4, 0.5) is 11.4 Å². The first-order chi connectivity index (χ1) is 14.5. The van der Waals surface area contributed by atoms with Crippen LogP contribution in [0.3, 0.4) is 0 Å². The van der Waals surface area contributed by atoms with Gasteiger partial charge in [-0.2, -0.15) is 0 Å². The highest BCUT2D eigenvalue weighted by atomic mass is 16.6. The van der Waals surface area contributed by atoms with Crippen LogP contribution in [-0.4, -0.2) is 21.7 Å². The maximum Gasteiger partial charge on any atom is 0.300 e. The summed E-state index contributed by atoms with van der Waals surface area (Å²) in [4.78, 5) is 38.3. The Kier molecular flexibility index (Phi) is 4.85. The van der Waals surface area contributed by atoms with E-state index in [2.05, 4.69) is 0 Å². The molecular formula is C23H16N2O5. The van der Waals surface area contributed by atoms with E-state index in [0.717, 1.165) is 0 Å². The van der Waals surface area contributed by atoms with E-state index < -0.39 is 22.7 Å². The number of nitro benzene ring substituents is 1. The number of nitrogens with zero attached hydrogens (tertiary/aromatic N) is 2. The van der Waals surface area contributed by atoms with Crippen LogP contribution in [-0.2, 0) is 9.59 Å². The number of hydrogen-bond donors (Lipinski definition) is 1. The number of nitro groups is 1. The Balaban J connectivity index is 2.02. The third kappa shape index (κ3) is 3.12. The molecule has 0 bridgehead atoms. The second kappa shape index (κ2) is 7.63. The van der Waals surface area contributed by atoms with Gasteiger partial charge in [-0.1, -0.05) is 60.7 Å². The summed E-state index contributed by atoms with van der Waals surface area (Å²) in [7, 11) is 0. The maximum atomic E-state index is 13.0. The first-order valence-electron chi connectivity index (χ1n) is 9.15. The molecule has 1 fully saturated rings. The minimum atomic E-state index is -1.14. The van der Waals surface area contributed by atoms with Crippen molar-refractivity contribution < 1.29 is 19.6 Å². The molecule has 0 saturated carbocycles. The van der Waals surface area contributed by atoms with Crippen molar-refractivity contribution in [3.63, 3.8) is 0 Å². The standard InChI is InChI=1S/C23H16N2O5/c26-21(15-9-3-1-4-10-15)19-20(17-13-7-8-14-18(17)25(29)30)24(23(28)22(19)27)16-11-5-2-6-12-16/h1-14,20,26H/b21-19+. The average Bonchev–Trinajstić information content (AvgIpc) is 3.05. The van der Waals surface area contributed by atoms with Gasteiger partial charge in [-0.15, -0.1) is 0 Å². The van der Waals surface area contributed by atoms with Crippen LogP contribution < -0.4 is 4.90 Å². The lowest BCUT2D eigenvalue weighted by Gasteiger charge is -2.25. The van der Waals surface area contributed by atoms with Crippen LogP contribution >= 0.6 is 0 Å². The lowest BCUT2D eigenvalue weighted by Crippen LogP contribution is -2.29. The molecule has 1 heterocycles. The van der Waals surface area contributed by atoms with Crippen molar-refractivity contribution in [1.82, 2.24) is 0 Å². The van der Waals surface area contributed by atoms with Gasteiger partial charge in [-0.25, -0.2) is 0 Å². The molecule has 0 spiro atoms. The number of hydrogen-bond acceptors (Lipinski definition) is 5. The zero-order chi connectivity index (χ0) is 21.3. The van der Waals surface area contributed by atoms with Gasteiger partial charge >= 0.3 is 0 Å². The number of benzene rings is 3. The number of aliphatic hydroxyl groups excluding tert-OH is 1. The van der Waals surface area contributed by atoms with Crippen LogP contribution in [0.15, 0.2) is 90.5 Å². The summed E-state index contributed by atoms with van der Waals surface area (Å²) >= 11 is 0. The lowest BCUT2D eigenvalue weighted by atomic mass is 9.94. The molecule has 30 heavy (non-hydrogen) atoms.